The zero-order valence-electron chi connectivity index (χ0n) is 11.5. The summed E-state index contributed by atoms with van der Waals surface area (Å²) in [5.41, 5.74) is -0.347. The number of rotatable bonds is 3. The number of ether oxygens (including phenoxy) is 1. The van der Waals surface area contributed by atoms with Crippen molar-refractivity contribution < 1.29 is 24.2 Å². The van der Waals surface area contributed by atoms with Gasteiger partial charge in [0.25, 0.3) is 5.91 Å². The van der Waals surface area contributed by atoms with Crippen LogP contribution in [0.15, 0.2) is 6.33 Å². The molecule has 1 aliphatic rings. The Morgan fingerprint density at radius 2 is 1.90 bits per heavy atom. The summed E-state index contributed by atoms with van der Waals surface area (Å²) in [6.45, 7) is 3.33. The van der Waals surface area contributed by atoms with Gasteiger partial charge in [0.1, 0.15) is 0 Å². The van der Waals surface area contributed by atoms with Gasteiger partial charge in [-0.25, -0.2) is 14.6 Å². The molecule has 114 valence electrons. The third-order valence-electron chi connectivity index (χ3n) is 3.15. The fourth-order valence-corrected chi connectivity index (χ4v) is 2.08. The van der Waals surface area contributed by atoms with Crippen molar-refractivity contribution in [3.63, 3.8) is 0 Å². The molecule has 0 aliphatic carbocycles. The predicted octanol–water partition coefficient (Wildman–Crippen LogP) is 0.0222. The van der Waals surface area contributed by atoms with E-state index in [1.54, 1.807) is 6.92 Å². The van der Waals surface area contributed by atoms with Crippen molar-refractivity contribution in [3.8, 4) is 0 Å². The van der Waals surface area contributed by atoms with Gasteiger partial charge in [0.05, 0.1) is 12.9 Å². The van der Waals surface area contributed by atoms with Gasteiger partial charge in [-0.05, 0) is 6.92 Å². The quantitative estimate of drug-likeness (QED) is 0.812. The molecule has 2 rings (SSSR count). The second-order valence-electron chi connectivity index (χ2n) is 4.41. The minimum Gasteiger partial charge on any atom is -0.477 e. The molecule has 0 bridgehead atoms. The van der Waals surface area contributed by atoms with Crippen LogP contribution in [0.25, 0.3) is 0 Å². The van der Waals surface area contributed by atoms with Crippen LogP contribution in [0.3, 0.4) is 0 Å². The molecule has 1 fully saturated rings. The van der Waals surface area contributed by atoms with E-state index >= 15 is 0 Å². The molecule has 0 aromatic carbocycles. The van der Waals surface area contributed by atoms with E-state index < -0.39 is 18.0 Å². The number of amides is 2. The summed E-state index contributed by atoms with van der Waals surface area (Å²) in [7, 11) is 0. The average Bonchev–Trinajstić information content (AvgIpc) is 2.96. The minimum atomic E-state index is -1.24. The Kier molecular flexibility index (Phi) is 4.41. The van der Waals surface area contributed by atoms with Crippen LogP contribution in [0.5, 0.6) is 0 Å². The molecule has 0 atom stereocenters. The second-order valence-corrected chi connectivity index (χ2v) is 4.41. The number of nitrogens with one attached hydrogen (secondary N) is 1. The first-order valence-corrected chi connectivity index (χ1v) is 6.52. The smallest absolute Gasteiger partial charge is 0.409 e. The van der Waals surface area contributed by atoms with Crippen LogP contribution in [0.1, 0.15) is 27.9 Å². The Bertz CT molecular complexity index is 548. The minimum absolute atomic E-state index is 0.118. The summed E-state index contributed by atoms with van der Waals surface area (Å²) in [4.78, 5) is 43.9. The van der Waals surface area contributed by atoms with E-state index in [-0.39, 0.29) is 11.4 Å². The maximum absolute atomic E-state index is 12.2. The van der Waals surface area contributed by atoms with Gasteiger partial charge < -0.3 is 24.6 Å². The maximum atomic E-state index is 12.2. The van der Waals surface area contributed by atoms with E-state index in [9.17, 15) is 14.4 Å². The Morgan fingerprint density at radius 1 is 1.29 bits per heavy atom. The Hall–Kier alpha value is -2.58. The monoisotopic (exact) mass is 296 g/mol. The van der Waals surface area contributed by atoms with Gasteiger partial charge in [-0.15, -0.1) is 0 Å². The molecule has 2 heterocycles. The van der Waals surface area contributed by atoms with Gasteiger partial charge in [0.15, 0.2) is 11.4 Å². The van der Waals surface area contributed by atoms with E-state index in [1.807, 2.05) is 0 Å². The highest BCUT2D eigenvalue weighted by Crippen LogP contribution is 2.11. The van der Waals surface area contributed by atoms with Gasteiger partial charge in [-0.2, -0.15) is 0 Å². The van der Waals surface area contributed by atoms with Crippen molar-refractivity contribution >= 4 is 18.0 Å². The molecule has 1 aliphatic heterocycles. The van der Waals surface area contributed by atoms with Crippen LogP contribution in [-0.4, -0.2) is 75.6 Å². The molecule has 0 spiro atoms. The Balaban J connectivity index is 1.99. The SMILES string of the molecule is CCOC(=O)N1CCN(C(=O)c2nc[nH]c2C(=O)O)CC1. The highest BCUT2D eigenvalue weighted by Gasteiger charge is 2.29. The molecule has 21 heavy (non-hydrogen) atoms. The van der Waals surface area contributed by atoms with Gasteiger partial charge in [-0.3, -0.25) is 4.79 Å². The highest BCUT2D eigenvalue weighted by molar-refractivity contribution is 6.02. The largest absolute Gasteiger partial charge is 0.477 e. The molecular formula is C12H16N4O5. The third kappa shape index (κ3) is 3.12. The normalized spacial score (nSPS) is 14.9. The van der Waals surface area contributed by atoms with Gasteiger partial charge >= 0.3 is 12.1 Å². The maximum Gasteiger partial charge on any atom is 0.409 e. The topological polar surface area (TPSA) is 116 Å². The number of carboxylic acid groups (broad SMARTS) is 1. The first-order valence-electron chi connectivity index (χ1n) is 6.52. The molecule has 0 unspecified atom stereocenters. The second kappa shape index (κ2) is 6.25. The van der Waals surface area contributed by atoms with Crippen LogP contribution >= 0.6 is 0 Å². The molecule has 9 nitrogen and oxygen atoms in total. The number of carboxylic acids is 1. The number of H-pyrrole nitrogens is 1. The summed E-state index contributed by atoms with van der Waals surface area (Å²) in [5, 5.41) is 8.96. The summed E-state index contributed by atoms with van der Waals surface area (Å²) in [6, 6.07) is 0. The van der Waals surface area contributed by atoms with E-state index in [0.717, 1.165) is 0 Å². The standard InChI is InChI=1S/C12H16N4O5/c1-2-21-12(20)16-5-3-15(4-6-16)10(17)8-9(11(18)19)14-7-13-8/h7H,2-6H2,1H3,(H,13,14)(H,18,19). The molecule has 2 N–H and O–H groups in total. The number of hydrogen-bond acceptors (Lipinski definition) is 5. The van der Waals surface area contributed by atoms with Crippen molar-refractivity contribution in [2.45, 2.75) is 6.92 Å². The van der Waals surface area contributed by atoms with Crippen LogP contribution in [0, 0.1) is 0 Å². The average molecular weight is 296 g/mol. The molecule has 1 aromatic heterocycles. The fourth-order valence-electron chi connectivity index (χ4n) is 2.08. The molecule has 1 aromatic rings. The predicted molar refractivity (Wildman–Crippen MR) is 70.0 cm³/mol. The van der Waals surface area contributed by atoms with E-state index in [4.69, 9.17) is 9.84 Å². The molecule has 1 saturated heterocycles. The van der Waals surface area contributed by atoms with Crippen LogP contribution in [0.4, 0.5) is 4.79 Å². The molecule has 9 heteroatoms. The van der Waals surface area contributed by atoms with E-state index in [2.05, 4.69) is 9.97 Å². The summed E-state index contributed by atoms with van der Waals surface area (Å²) in [5.74, 6) is -1.70. The van der Waals surface area contributed by atoms with Crippen molar-refractivity contribution in [2.75, 3.05) is 32.8 Å². The lowest BCUT2D eigenvalue weighted by Crippen LogP contribution is -2.51. The number of nitrogens with zero attached hydrogens (tertiary/aromatic N) is 3. The number of piperazine rings is 1. The van der Waals surface area contributed by atoms with Crippen molar-refractivity contribution in [3.05, 3.63) is 17.7 Å². The van der Waals surface area contributed by atoms with E-state index in [1.165, 1.54) is 16.1 Å². The van der Waals surface area contributed by atoms with Crippen LogP contribution in [-0.2, 0) is 4.74 Å². The Labute approximate surface area is 120 Å². The van der Waals surface area contributed by atoms with Gasteiger partial charge in [-0.1, -0.05) is 0 Å². The fraction of sp³-hybridized carbons (Fsp3) is 0.500. The van der Waals surface area contributed by atoms with Gasteiger partial charge in [0, 0.05) is 26.2 Å². The molecule has 0 radical (unpaired) electrons. The number of aromatic carboxylic acids is 1. The Morgan fingerprint density at radius 3 is 2.48 bits per heavy atom. The lowest BCUT2D eigenvalue weighted by Gasteiger charge is -2.33. The number of imidazole rings is 1. The number of carbonyl (C=O) groups excluding carboxylic acids is 2. The van der Waals surface area contributed by atoms with Crippen molar-refractivity contribution in [1.82, 2.24) is 19.8 Å². The van der Waals surface area contributed by atoms with E-state index in [0.29, 0.717) is 32.8 Å². The number of aromatic nitrogens is 2. The zero-order valence-corrected chi connectivity index (χ0v) is 11.5. The lowest BCUT2D eigenvalue weighted by atomic mass is 10.2. The van der Waals surface area contributed by atoms with Crippen LogP contribution < -0.4 is 0 Å². The van der Waals surface area contributed by atoms with Crippen molar-refractivity contribution in [2.24, 2.45) is 0 Å². The highest BCUT2D eigenvalue weighted by atomic mass is 16.6. The van der Waals surface area contributed by atoms with Crippen LogP contribution in [0.2, 0.25) is 0 Å². The summed E-state index contributed by atoms with van der Waals surface area (Å²) < 4.78 is 4.89. The molecular weight excluding hydrogens is 280 g/mol. The first kappa shape index (κ1) is 14.8. The summed E-state index contributed by atoms with van der Waals surface area (Å²) >= 11 is 0. The number of hydrogen-bond donors (Lipinski definition) is 2. The zero-order chi connectivity index (χ0) is 15.4. The summed E-state index contributed by atoms with van der Waals surface area (Å²) in [6.07, 6.45) is 0.765. The number of carbonyl (C=O) groups is 3. The molecule has 0 saturated carbocycles. The first-order chi connectivity index (χ1) is 10.0. The lowest BCUT2D eigenvalue weighted by molar-refractivity contribution is 0.0558. The molecule has 2 amide bonds. The third-order valence-corrected chi connectivity index (χ3v) is 3.15. The number of aromatic amines is 1. The van der Waals surface area contributed by atoms with Crippen molar-refractivity contribution in [1.29, 1.82) is 0 Å². The van der Waals surface area contributed by atoms with Gasteiger partial charge in [0.2, 0.25) is 0 Å².